The molecule has 0 aliphatic heterocycles. The summed E-state index contributed by atoms with van der Waals surface area (Å²) in [7, 11) is 0. The van der Waals surface area contributed by atoms with Crippen LogP contribution in [0, 0.1) is 0 Å². The van der Waals surface area contributed by atoms with Crippen molar-refractivity contribution in [2.45, 2.75) is 16.2 Å². The first-order valence-corrected chi connectivity index (χ1v) is 6.93. The summed E-state index contributed by atoms with van der Waals surface area (Å²) < 4.78 is 4.69. The number of primary amides is 1. The van der Waals surface area contributed by atoms with Crippen molar-refractivity contribution in [3.05, 3.63) is 54.1 Å². The molecule has 20 heavy (non-hydrogen) atoms. The van der Waals surface area contributed by atoms with E-state index in [1.165, 1.54) is 0 Å². The van der Waals surface area contributed by atoms with Gasteiger partial charge in [-0.2, -0.15) is 0 Å². The van der Waals surface area contributed by atoms with Gasteiger partial charge in [-0.1, -0.05) is 23.9 Å². The fourth-order valence-corrected chi connectivity index (χ4v) is 2.46. The summed E-state index contributed by atoms with van der Waals surface area (Å²) in [5.41, 5.74) is 5.98. The molecule has 2 aromatic rings. The molecule has 0 spiro atoms. The minimum atomic E-state index is -0.746. The maximum atomic E-state index is 10.4. The lowest BCUT2D eigenvalue weighted by Crippen LogP contribution is -2.14. The lowest BCUT2D eigenvalue weighted by atomic mass is 10.2. The molecule has 0 fully saturated rings. The maximum absolute atomic E-state index is 10.4. The zero-order valence-electron chi connectivity index (χ0n) is 10.8. The molecule has 0 atom stereocenters. The Morgan fingerprint density at radius 1 is 1.05 bits per heavy atom. The molecule has 5 heteroatoms. The highest BCUT2D eigenvalue weighted by molar-refractivity contribution is 7.99. The SMILES string of the molecule is NC(=O)OCCc1ccc(Sc2ccc(O)cc2)cc1. The first-order valence-electron chi connectivity index (χ1n) is 6.11. The van der Waals surface area contributed by atoms with Crippen molar-refractivity contribution < 1.29 is 14.6 Å². The second-order valence-corrected chi connectivity index (χ2v) is 5.30. The van der Waals surface area contributed by atoms with Crippen LogP contribution < -0.4 is 5.73 Å². The molecular formula is C15H15NO3S. The van der Waals surface area contributed by atoms with E-state index in [4.69, 9.17) is 10.5 Å². The molecule has 0 radical (unpaired) electrons. The van der Waals surface area contributed by atoms with E-state index in [2.05, 4.69) is 0 Å². The third-order valence-electron chi connectivity index (χ3n) is 2.63. The van der Waals surface area contributed by atoms with E-state index in [1.54, 1.807) is 23.9 Å². The molecule has 104 valence electrons. The predicted octanol–water partition coefficient (Wildman–Crippen LogP) is 3.18. The average molecular weight is 289 g/mol. The number of hydrogen-bond acceptors (Lipinski definition) is 4. The topological polar surface area (TPSA) is 72.6 Å². The summed E-state index contributed by atoms with van der Waals surface area (Å²) >= 11 is 1.62. The van der Waals surface area contributed by atoms with Crippen molar-refractivity contribution in [2.24, 2.45) is 5.73 Å². The van der Waals surface area contributed by atoms with Gasteiger partial charge in [-0.3, -0.25) is 0 Å². The molecule has 3 N–H and O–H groups in total. The Bertz CT molecular complexity index is 567. The number of phenols is 1. The van der Waals surface area contributed by atoms with Crippen molar-refractivity contribution in [1.82, 2.24) is 0 Å². The van der Waals surface area contributed by atoms with Gasteiger partial charge in [0.05, 0.1) is 6.61 Å². The van der Waals surface area contributed by atoms with Crippen LogP contribution in [0.25, 0.3) is 0 Å². The molecule has 0 aromatic heterocycles. The number of hydrogen-bond donors (Lipinski definition) is 2. The van der Waals surface area contributed by atoms with Crippen LogP contribution in [0.4, 0.5) is 4.79 Å². The Morgan fingerprint density at radius 3 is 2.15 bits per heavy atom. The summed E-state index contributed by atoms with van der Waals surface area (Å²) in [6.45, 7) is 0.291. The Hall–Kier alpha value is -2.14. The Morgan fingerprint density at radius 2 is 1.60 bits per heavy atom. The number of amides is 1. The van der Waals surface area contributed by atoms with Gasteiger partial charge < -0.3 is 15.6 Å². The first kappa shape index (κ1) is 14.3. The number of carbonyl (C=O) groups is 1. The summed E-state index contributed by atoms with van der Waals surface area (Å²) in [6, 6.07) is 15.1. The van der Waals surface area contributed by atoms with Crippen molar-refractivity contribution >= 4 is 17.9 Å². The van der Waals surface area contributed by atoms with Crippen LogP contribution in [-0.2, 0) is 11.2 Å². The van der Waals surface area contributed by atoms with Crippen LogP contribution >= 0.6 is 11.8 Å². The Balaban J connectivity index is 1.91. The number of rotatable bonds is 5. The largest absolute Gasteiger partial charge is 0.508 e. The second kappa shape index (κ2) is 6.86. The molecule has 0 aliphatic carbocycles. The zero-order chi connectivity index (χ0) is 14.4. The molecule has 1 amide bonds. The van der Waals surface area contributed by atoms with E-state index in [1.807, 2.05) is 36.4 Å². The smallest absolute Gasteiger partial charge is 0.404 e. The molecule has 0 bridgehead atoms. The van der Waals surface area contributed by atoms with Crippen LogP contribution in [0.2, 0.25) is 0 Å². The Labute approximate surface area is 121 Å². The van der Waals surface area contributed by atoms with Crippen LogP contribution in [0.15, 0.2) is 58.3 Å². The van der Waals surface area contributed by atoms with Crippen LogP contribution in [0.5, 0.6) is 5.75 Å². The molecule has 0 aliphatic rings. The van der Waals surface area contributed by atoms with Gasteiger partial charge in [-0.15, -0.1) is 0 Å². The van der Waals surface area contributed by atoms with Crippen molar-refractivity contribution in [2.75, 3.05) is 6.61 Å². The van der Waals surface area contributed by atoms with Gasteiger partial charge in [0.25, 0.3) is 0 Å². The summed E-state index contributed by atoms with van der Waals surface area (Å²) in [5.74, 6) is 0.263. The minimum absolute atomic E-state index is 0.263. The van der Waals surface area contributed by atoms with Gasteiger partial charge in [0.15, 0.2) is 0 Å². The average Bonchev–Trinajstić information content (AvgIpc) is 2.43. The van der Waals surface area contributed by atoms with Gasteiger partial charge in [0.1, 0.15) is 5.75 Å². The van der Waals surface area contributed by atoms with Gasteiger partial charge in [-0.05, 0) is 42.0 Å². The van der Waals surface area contributed by atoms with E-state index in [-0.39, 0.29) is 5.75 Å². The number of carbonyl (C=O) groups excluding carboxylic acids is 1. The maximum Gasteiger partial charge on any atom is 0.404 e. The normalized spacial score (nSPS) is 10.2. The molecule has 0 unspecified atom stereocenters. The van der Waals surface area contributed by atoms with Crippen molar-refractivity contribution in [1.29, 1.82) is 0 Å². The van der Waals surface area contributed by atoms with E-state index in [9.17, 15) is 9.90 Å². The lowest BCUT2D eigenvalue weighted by Gasteiger charge is -2.05. The number of ether oxygens (including phenoxy) is 1. The molecule has 2 aromatic carbocycles. The summed E-state index contributed by atoms with van der Waals surface area (Å²) in [6.07, 6.45) is -0.0999. The molecule has 0 heterocycles. The number of aromatic hydroxyl groups is 1. The highest BCUT2D eigenvalue weighted by Crippen LogP contribution is 2.28. The van der Waals surface area contributed by atoms with E-state index >= 15 is 0 Å². The van der Waals surface area contributed by atoms with E-state index in [0.717, 1.165) is 15.4 Å². The second-order valence-electron chi connectivity index (χ2n) is 4.16. The monoisotopic (exact) mass is 289 g/mol. The van der Waals surface area contributed by atoms with Crippen molar-refractivity contribution in [3.63, 3.8) is 0 Å². The van der Waals surface area contributed by atoms with Crippen LogP contribution in [0.3, 0.4) is 0 Å². The van der Waals surface area contributed by atoms with Gasteiger partial charge in [-0.25, -0.2) is 4.79 Å². The van der Waals surface area contributed by atoms with E-state index in [0.29, 0.717) is 13.0 Å². The third kappa shape index (κ3) is 4.51. The highest BCUT2D eigenvalue weighted by Gasteiger charge is 2.00. The summed E-state index contributed by atoms with van der Waals surface area (Å²) in [4.78, 5) is 12.6. The Kier molecular flexibility index (Phi) is 4.90. The zero-order valence-corrected chi connectivity index (χ0v) is 11.6. The standard InChI is InChI=1S/C15H15NO3S/c16-15(18)19-10-9-11-1-5-13(6-2-11)20-14-7-3-12(17)4-8-14/h1-8,17H,9-10H2,(H2,16,18). The number of nitrogens with two attached hydrogens (primary N) is 1. The van der Waals surface area contributed by atoms with Crippen LogP contribution in [-0.4, -0.2) is 17.8 Å². The molecule has 2 rings (SSSR count). The quantitative estimate of drug-likeness (QED) is 0.886. The molecule has 0 saturated carbocycles. The van der Waals surface area contributed by atoms with Crippen LogP contribution in [0.1, 0.15) is 5.56 Å². The molecule has 4 nitrogen and oxygen atoms in total. The van der Waals surface area contributed by atoms with Gasteiger partial charge >= 0.3 is 6.09 Å². The molecular weight excluding hydrogens is 274 g/mol. The fourth-order valence-electron chi connectivity index (χ4n) is 1.64. The lowest BCUT2D eigenvalue weighted by molar-refractivity contribution is 0.158. The third-order valence-corrected chi connectivity index (χ3v) is 3.65. The van der Waals surface area contributed by atoms with Gasteiger partial charge in [0.2, 0.25) is 0 Å². The number of phenolic OH excluding ortho intramolecular Hbond substituents is 1. The highest BCUT2D eigenvalue weighted by atomic mass is 32.2. The molecule has 0 saturated heterocycles. The summed E-state index contributed by atoms with van der Waals surface area (Å²) in [5, 5.41) is 9.23. The first-order chi connectivity index (χ1) is 9.63. The van der Waals surface area contributed by atoms with Crippen molar-refractivity contribution in [3.8, 4) is 5.75 Å². The predicted molar refractivity (Wildman–Crippen MR) is 77.9 cm³/mol. The fraction of sp³-hybridized carbons (Fsp3) is 0.133. The minimum Gasteiger partial charge on any atom is -0.508 e. The van der Waals surface area contributed by atoms with Gasteiger partial charge in [0, 0.05) is 16.2 Å². The number of benzene rings is 2. The van der Waals surface area contributed by atoms with E-state index < -0.39 is 6.09 Å².